The molecule has 156 valence electrons. The summed E-state index contributed by atoms with van der Waals surface area (Å²) in [6, 6.07) is 28.8. The van der Waals surface area contributed by atoms with Crippen LogP contribution in [0, 0.1) is 0 Å². The van der Waals surface area contributed by atoms with Gasteiger partial charge < -0.3 is 5.32 Å². The molecule has 2 heterocycles. The molecule has 0 saturated carbocycles. The van der Waals surface area contributed by atoms with Crippen molar-refractivity contribution in [2.24, 2.45) is 0 Å². The van der Waals surface area contributed by atoms with Gasteiger partial charge in [0, 0.05) is 22.7 Å². The quantitative estimate of drug-likeness (QED) is 0.360. The highest BCUT2D eigenvalue weighted by Gasteiger charge is 2.20. The van der Waals surface area contributed by atoms with Gasteiger partial charge in [0.1, 0.15) is 0 Å². The van der Waals surface area contributed by atoms with E-state index < -0.39 is 0 Å². The van der Waals surface area contributed by atoms with E-state index in [1.165, 1.54) is 0 Å². The normalized spacial score (nSPS) is 10.9. The summed E-state index contributed by atoms with van der Waals surface area (Å²) < 4.78 is 0. The highest BCUT2D eigenvalue weighted by Crippen LogP contribution is 2.31. The second-order valence-corrected chi connectivity index (χ2v) is 7.83. The molecule has 0 atom stereocenters. The van der Waals surface area contributed by atoms with E-state index in [9.17, 15) is 4.79 Å². The molecule has 32 heavy (non-hydrogen) atoms. The monoisotopic (exact) mass is 438 g/mol. The number of pyridine rings is 1. The van der Waals surface area contributed by atoms with Crippen molar-refractivity contribution in [3.63, 3.8) is 0 Å². The van der Waals surface area contributed by atoms with Crippen LogP contribution in [-0.4, -0.2) is 21.1 Å². The molecule has 0 fully saturated rings. The maximum atomic E-state index is 13.3. The fraction of sp³-hybridized carbons (Fsp3) is 0.0385. The highest BCUT2D eigenvalue weighted by molar-refractivity contribution is 6.30. The van der Waals surface area contributed by atoms with Crippen LogP contribution in [0.1, 0.15) is 15.9 Å². The molecule has 0 saturated heterocycles. The summed E-state index contributed by atoms with van der Waals surface area (Å²) in [5.74, 6) is -0.185. The summed E-state index contributed by atoms with van der Waals surface area (Å²) in [4.78, 5) is 18.1. The number of benzene rings is 3. The number of nitrogens with one attached hydrogen (secondary N) is 2. The van der Waals surface area contributed by atoms with Gasteiger partial charge in [0.25, 0.3) is 5.91 Å². The van der Waals surface area contributed by atoms with Crippen LogP contribution in [0.4, 0.5) is 0 Å². The standard InChI is InChI=1S/C26H19ClN4O/c27-20-13-11-18(12-14-20)22-15-21(26(32)28-16-17-7-3-1-4-8-17)23-24(30-31-25(23)29-22)19-9-5-2-6-10-19/h1-15H,16H2,(H,28,32)(H,29,30,31). The first-order valence-corrected chi connectivity index (χ1v) is 10.6. The average Bonchev–Trinajstić information content (AvgIpc) is 3.28. The first-order chi connectivity index (χ1) is 15.7. The lowest BCUT2D eigenvalue weighted by molar-refractivity contribution is 0.0952. The predicted octanol–water partition coefficient (Wildman–Crippen LogP) is 5.88. The number of nitrogens with zero attached hydrogens (tertiary/aromatic N) is 2. The molecule has 6 heteroatoms. The van der Waals surface area contributed by atoms with E-state index in [0.717, 1.165) is 22.4 Å². The number of aromatic nitrogens is 3. The van der Waals surface area contributed by atoms with Gasteiger partial charge >= 0.3 is 0 Å². The van der Waals surface area contributed by atoms with E-state index in [-0.39, 0.29) is 5.91 Å². The van der Waals surface area contributed by atoms with Crippen LogP contribution in [0.2, 0.25) is 5.02 Å². The number of hydrogen-bond donors (Lipinski definition) is 2. The summed E-state index contributed by atoms with van der Waals surface area (Å²) in [6.07, 6.45) is 0. The molecule has 0 unspecified atom stereocenters. The number of hydrogen-bond acceptors (Lipinski definition) is 3. The maximum absolute atomic E-state index is 13.3. The predicted molar refractivity (Wildman–Crippen MR) is 127 cm³/mol. The molecule has 0 aliphatic rings. The van der Waals surface area contributed by atoms with Crippen molar-refractivity contribution in [2.75, 3.05) is 0 Å². The minimum absolute atomic E-state index is 0.185. The second kappa shape index (κ2) is 8.65. The van der Waals surface area contributed by atoms with Gasteiger partial charge in [-0.2, -0.15) is 5.10 Å². The van der Waals surface area contributed by atoms with E-state index in [0.29, 0.717) is 33.9 Å². The van der Waals surface area contributed by atoms with Crippen LogP contribution >= 0.6 is 11.6 Å². The van der Waals surface area contributed by atoms with Gasteiger partial charge in [-0.1, -0.05) is 84.4 Å². The molecule has 0 spiro atoms. The van der Waals surface area contributed by atoms with Crippen LogP contribution in [-0.2, 0) is 6.54 Å². The fourth-order valence-electron chi connectivity index (χ4n) is 3.66. The Morgan fingerprint density at radius 1 is 0.875 bits per heavy atom. The lowest BCUT2D eigenvalue weighted by atomic mass is 10.0. The first-order valence-electron chi connectivity index (χ1n) is 10.2. The Morgan fingerprint density at radius 2 is 1.56 bits per heavy atom. The molecule has 0 radical (unpaired) electrons. The third kappa shape index (κ3) is 3.98. The zero-order valence-electron chi connectivity index (χ0n) is 17.0. The largest absolute Gasteiger partial charge is 0.348 e. The van der Waals surface area contributed by atoms with E-state index in [4.69, 9.17) is 16.6 Å². The Bertz CT molecular complexity index is 1380. The third-order valence-electron chi connectivity index (χ3n) is 5.27. The summed E-state index contributed by atoms with van der Waals surface area (Å²) in [5, 5.41) is 11.9. The van der Waals surface area contributed by atoms with Crippen molar-refractivity contribution in [3.8, 4) is 22.5 Å². The Labute approximate surface area is 190 Å². The molecule has 0 bridgehead atoms. The average molecular weight is 439 g/mol. The number of fused-ring (bicyclic) bond motifs is 1. The van der Waals surface area contributed by atoms with E-state index in [2.05, 4.69) is 15.5 Å². The molecule has 2 aromatic heterocycles. The molecule has 5 nitrogen and oxygen atoms in total. The lowest BCUT2D eigenvalue weighted by Gasteiger charge is -2.10. The van der Waals surface area contributed by atoms with Gasteiger partial charge in [0.05, 0.1) is 22.3 Å². The van der Waals surface area contributed by atoms with Gasteiger partial charge in [0.2, 0.25) is 0 Å². The molecule has 0 aliphatic carbocycles. The molecule has 0 aliphatic heterocycles. The van der Waals surface area contributed by atoms with Crippen molar-refractivity contribution in [2.45, 2.75) is 6.54 Å². The van der Waals surface area contributed by atoms with Gasteiger partial charge in [-0.15, -0.1) is 0 Å². The van der Waals surface area contributed by atoms with Crippen LogP contribution in [0.25, 0.3) is 33.5 Å². The highest BCUT2D eigenvalue weighted by atomic mass is 35.5. The Kier molecular flexibility index (Phi) is 5.40. The van der Waals surface area contributed by atoms with Crippen molar-refractivity contribution >= 4 is 28.5 Å². The molecule has 2 N–H and O–H groups in total. The minimum atomic E-state index is -0.185. The zero-order valence-corrected chi connectivity index (χ0v) is 17.8. The van der Waals surface area contributed by atoms with Crippen LogP contribution in [0.3, 0.4) is 0 Å². The van der Waals surface area contributed by atoms with E-state index in [1.54, 1.807) is 12.1 Å². The van der Waals surface area contributed by atoms with Crippen molar-refractivity contribution in [1.82, 2.24) is 20.5 Å². The summed E-state index contributed by atoms with van der Waals surface area (Å²) in [5.41, 5.74) is 5.25. The molecular formula is C26H19ClN4O. The number of rotatable bonds is 5. The summed E-state index contributed by atoms with van der Waals surface area (Å²) in [6.45, 7) is 0.429. The van der Waals surface area contributed by atoms with Gasteiger partial charge in [0.15, 0.2) is 5.65 Å². The molecular weight excluding hydrogens is 420 g/mol. The molecule has 5 rings (SSSR count). The van der Waals surface area contributed by atoms with Gasteiger partial charge in [-0.3, -0.25) is 9.89 Å². The van der Waals surface area contributed by atoms with Crippen LogP contribution in [0.15, 0.2) is 91.0 Å². The number of carbonyl (C=O) groups excluding carboxylic acids is 1. The first kappa shape index (κ1) is 20.0. The molecule has 3 aromatic carbocycles. The van der Waals surface area contributed by atoms with Gasteiger partial charge in [-0.25, -0.2) is 4.98 Å². The van der Waals surface area contributed by atoms with Crippen LogP contribution in [0.5, 0.6) is 0 Å². The second-order valence-electron chi connectivity index (χ2n) is 7.39. The lowest BCUT2D eigenvalue weighted by Crippen LogP contribution is -2.23. The number of halogens is 1. The SMILES string of the molecule is O=C(NCc1ccccc1)c1cc(-c2ccc(Cl)cc2)nc2n[nH]c(-c3ccccc3)c12. The molecule has 5 aromatic rings. The summed E-state index contributed by atoms with van der Waals surface area (Å²) in [7, 11) is 0. The van der Waals surface area contributed by atoms with Gasteiger partial charge in [-0.05, 0) is 23.8 Å². The minimum Gasteiger partial charge on any atom is -0.348 e. The van der Waals surface area contributed by atoms with Crippen molar-refractivity contribution in [3.05, 3.63) is 107 Å². The number of aromatic amines is 1. The number of carbonyl (C=O) groups is 1. The molecule has 1 amide bonds. The zero-order chi connectivity index (χ0) is 21.9. The van der Waals surface area contributed by atoms with E-state index in [1.807, 2.05) is 78.9 Å². The Balaban J connectivity index is 1.62. The Morgan fingerprint density at radius 3 is 2.28 bits per heavy atom. The van der Waals surface area contributed by atoms with Crippen molar-refractivity contribution < 1.29 is 4.79 Å². The summed E-state index contributed by atoms with van der Waals surface area (Å²) >= 11 is 6.04. The Hall–Kier alpha value is -3.96. The number of amides is 1. The van der Waals surface area contributed by atoms with Crippen molar-refractivity contribution in [1.29, 1.82) is 0 Å². The topological polar surface area (TPSA) is 70.7 Å². The third-order valence-corrected chi connectivity index (χ3v) is 5.52. The maximum Gasteiger partial charge on any atom is 0.252 e. The smallest absolute Gasteiger partial charge is 0.252 e. The van der Waals surface area contributed by atoms with E-state index >= 15 is 0 Å². The van der Waals surface area contributed by atoms with Crippen LogP contribution < -0.4 is 5.32 Å². The fourth-order valence-corrected chi connectivity index (χ4v) is 3.78. The number of H-pyrrole nitrogens is 1.